The normalized spacial score (nSPS) is 19.2. The van der Waals surface area contributed by atoms with Crippen LogP contribution in [0.15, 0.2) is 42.5 Å². The topological polar surface area (TPSA) is 51.7 Å². The van der Waals surface area contributed by atoms with Gasteiger partial charge in [0.05, 0.1) is 0 Å². The third-order valence-corrected chi connectivity index (χ3v) is 6.92. The van der Waals surface area contributed by atoms with Gasteiger partial charge in [0.2, 0.25) is 0 Å². The van der Waals surface area contributed by atoms with Gasteiger partial charge in [0.1, 0.15) is 11.5 Å². The van der Waals surface area contributed by atoms with Crippen molar-refractivity contribution in [2.75, 3.05) is 49.5 Å². The highest BCUT2D eigenvalue weighted by atomic mass is 35.5. The fraction of sp³-hybridized carbons (Fsp3) is 0.520. The van der Waals surface area contributed by atoms with E-state index in [1.165, 1.54) is 25.9 Å². The maximum Gasteiger partial charge on any atom is 0.274 e. The number of likely N-dealkylation sites (tertiary alicyclic amines) is 1. The fourth-order valence-electron chi connectivity index (χ4n) is 4.75. The number of hydrogen-bond acceptors (Lipinski definition) is 5. The third kappa shape index (κ3) is 5.80. The molecule has 0 saturated carbocycles. The molecule has 2 aliphatic rings. The molecule has 172 valence electrons. The summed E-state index contributed by atoms with van der Waals surface area (Å²) in [6.45, 7) is 11.1. The van der Waals surface area contributed by atoms with Crippen molar-refractivity contribution in [3.05, 3.63) is 53.2 Å². The van der Waals surface area contributed by atoms with E-state index >= 15 is 0 Å². The molecule has 2 fully saturated rings. The van der Waals surface area contributed by atoms with Gasteiger partial charge in [-0.25, -0.2) is 4.98 Å². The minimum absolute atomic E-state index is 0.206. The number of benzene rings is 1. The lowest BCUT2D eigenvalue weighted by atomic mass is 10.0. The highest BCUT2D eigenvalue weighted by Gasteiger charge is 2.27. The lowest BCUT2D eigenvalue weighted by Crippen LogP contribution is -2.47. The molecule has 1 aromatic heterocycles. The molecule has 7 heteroatoms. The van der Waals surface area contributed by atoms with Crippen LogP contribution >= 0.6 is 11.6 Å². The van der Waals surface area contributed by atoms with Crippen LogP contribution in [0.2, 0.25) is 5.02 Å². The molecule has 0 bridgehead atoms. The number of aromatic nitrogens is 1. The molecule has 1 amide bonds. The van der Waals surface area contributed by atoms with Crippen molar-refractivity contribution in [2.24, 2.45) is 0 Å². The zero-order chi connectivity index (χ0) is 22.5. The van der Waals surface area contributed by atoms with Gasteiger partial charge in [-0.3, -0.25) is 9.69 Å². The summed E-state index contributed by atoms with van der Waals surface area (Å²) in [4.78, 5) is 25.0. The molecule has 2 aliphatic heterocycles. The van der Waals surface area contributed by atoms with Crippen molar-refractivity contribution in [1.82, 2.24) is 14.8 Å². The molecule has 1 aromatic carbocycles. The summed E-state index contributed by atoms with van der Waals surface area (Å²) >= 11 is 5.93. The van der Waals surface area contributed by atoms with Gasteiger partial charge in [-0.15, -0.1) is 0 Å². The Morgan fingerprint density at radius 1 is 1.00 bits per heavy atom. The molecule has 1 N–H and O–H groups in total. The molecule has 4 rings (SSSR count). The van der Waals surface area contributed by atoms with E-state index in [1.807, 2.05) is 12.1 Å². The van der Waals surface area contributed by atoms with E-state index in [0.717, 1.165) is 38.4 Å². The number of halogens is 1. The van der Waals surface area contributed by atoms with Gasteiger partial charge in [-0.1, -0.05) is 17.7 Å². The number of piperidine rings is 1. The largest absolute Gasteiger partial charge is 0.355 e. The van der Waals surface area contributed by atoms with Crippen molar-refractivity contribution in [2.45, 2.75) is 45.2 Å². The number of rotatable bonds is 5. The Labute approximate surface area is 196 Å². The molecule has 2 aromatic rings. The second-order valence-electron chi connectivity index (χ2n) is 9.08. The van der Waals surface area contributed by atoms with Crippen LogP contribution in [-0.2, 0) is 0 Å². The number of amides is 1. The zero-order valence-corrected chi connectivity index (χ0v) is 19.9. The summed E-state index contributed by atoms with van der Waals surface area (Å²) in [6.07, 6.45) is 3.64. The number of hydrogen-bond donors (Lipinski definition) is 1. The Bertz CT molecular complexity index is 895. The average molecular weight is 456 g/mol. The first-order valence-electron chi connectivity index (χ1n) is 11.8. The van der Waals surface area contributed by atoms with E-state index in [2.05, 4.69) is 38.8 Å². The van der Waals surface area contributed by atoms with Crippen LogP contribution in [0.5, 0.6) is 0 Å². The first-order valence-corrected chi connectivity index (χ1v) is 12.1. The predicted molar refractivity (Wildman–Crippen MR) is 132 cm³/mol. The van der Waals surface area contributed by atoms with Crippen molar-refractivity contribution in [3.8, 4) is 0 Å². The number of pyridine rings is 1. The Hall–Kier alpha value is -2.15. The summed E-state index contributed by atoms with van der Waals surface area (Å²) < 4.78 is 0. The van der Waals surface area contributed by atoms with E-state index in [9.17, 15) is 4.79 Å². The predicted octanol–water partition coefficient (Wildman–Crippen LogP) is 4.37. The Morgan fingerprint density at radius 3 is 2.47 bits per heavy atom. The zero-order valence-electron chi connectivity index (χ0n) is 19.1. The van der Waals surface area contributed by atoms with Gasteiger partial charge in [-0.2, -0.15) is 0 Å². The summed E-state index contributed by atoms with van der Waals surface area (Å²) in [5.74, 6) is 0.674. The molecule has 2 saturated heterocycles. The molecule has 0 unspecified atom stereocenters. The summed E-state index contributed by atoms with van der Waals surface area (Å²) in [5.41, 5.74) is 1.14. The van der Waals surface area contributed by atoms with E-state index in [4.69, 9.17) is 11.6 Å². The van der Waals surface area contributed by atoms with E-state index in [-0.39, 0.29) is 5.91 Å². The molecule has 0 aliphatic carbocycles. The van der Waals surface area contributed by atoms with Crippen molar-refractivity contribution < 1.29 is 4.79 Å². The first-order chi connectivity index (χ1) is 15.5. The standard InChI is InChI=1S/C25H34ClN5O/c1-19(2)29-15-11-22(12-16-29)30-13-4-14-31(18-17-30)24-6-3-5-23(28-24)25(32)27-21-9-7-20(26)8-10-21/h3,5-10,19,22H,4,11-18H2,1-2H3,(H,27,32). The van der Waals surface area contributed by atoms with Gasteiger partial charge in [0.15, 0.2) is 0 Å². The summed E-state index contributed by atoms with van der Waals surface area (Å²) in [6, 6.07) is 14.1. The van der Waals surface area contributed by atoms with Crippen LogP contribution in [0.1, 0.15) is 43.6 Å². The molecule has 0 spiro atoms. The lowest BCUT2D eigenvalue weighted by molar-refractivity contribution is 0.0965. The Kier molecular flexibility index (Phi) is 7.66. The average Bonchev–Trinajstić information content (AvgIpc) is 3.07. The number of carbonyl (C=O) groups is 1. The summed E-state index contributed by atoms with van der Waals surface area (Å²) in [5, 5.41) is 3.54. The van der Waals surface area contributed by atoms with Crippen molar-refractivity contribution in [1.29, 1.82) is 0 Å². The van der Waals surface area contributed by atoms with Gasteiger partial charge in [0.25, 0.3) is 5.91 Å². The van der Waals surface area contributed by atoms with Gasteiger partial charge in [-0.05, 0) is 82.6 Å². The SMILES string of the molecule is CC(C)N1CCC(N2CCCN(c3cccc(C(=O)Nc4ccc(Cl)cc4)n3)CC2)CC1. The number of carbonyl (C=O) groups excluding carboxylic acids is 1. The lowest BCUT2D eigenvalue weighted by Gasteiger charge is -2.39. The minimum Gasteiger partial charge on any atom is -0.355 e. The van der Waals surface area contributed by atoms with Gasteiger partial charge in [0, 0.05) is 49.0 Å². The number of nitrogens with zero attached hydrogens (tertiary/aromatic N) is 4. The Morgan fingerprint density at radius 2 is 1.75 bits per heavy atom. The minimum atomic E-state index is -0.206. The smallest absolute Gasteiger partial charge is 0.274 e. The first kappa shape index (κ1) is 23.0. The van der Waals surface area contributed by atoms with Crippen LogP contribution in [0.25, 0.3) is 0 Å². The van der Waals surface area contributed by atoms with Gasteiger partial charge >= 0.3 is 0 Å². The monoisotopic (exact) mass is 455 g/mol. The maximum atomic E-state index is 12.7. The van der Waals surface area contributed by atoms with Crippen LogP contribution in [0, 0.1) is 0 Å². The van der Waals surface area contributed by atoms with E-state index < -0.39 is 0 Å². The highest BCUT2D eigenvalue weighted by Crippen LogP contribution is 2.22. The van der Waals surface area contributed by atoms with Crippen LogP contribution < -0.4 is 10.2 Å². The summed E-state index contributed by atoms with van der Waals surface area (Å²) in [7, 11) is 0. The third-order valence-electron chi connectivity index (χ3n) is 6.67. The van der Waals surface area contributed by atoms with Crippen LogP contribution in [0.3, 0.4) is 0 Å². The number of anilines is 2. The number of nitrogens with one attached hydrogen (secondary N) is 1. The highest BCUT2D eigenvalue weighted by molar-refractivity contribution is 6.30. The van der Waals surface area contributed by atoms with E-state index in [1.54, 1.807) is 30.3 Å². The molecular weight excluding hydrogens is 422 g/mol. The van der Waals surface area contributed by atoms with Crippen molar-refractivity contribution >= 4 is 29.0 Å². The second-order valence-corrected chi connectivity index (χ2v) is 9.52. The van der Waals surface area contributed by atoms with E-state index in [0.29, 0.717) is 28.5 Å². The van der Waals surface area contributed by atoms with Gasteiger partial charge < -0.3 is 15.1 Å². The fourth-order valence-corrected chi connectivity index (χ4v) is 4.88. The molecule has 6 nitrogen and oxygen atoms in total. The van der Waals surface area contributed by atoms with Crippen LogP contribution in [-0.4, -0.2) is 72.0 Å². The molecule has 32 heavy (non-hydrogen) atoms. The van der Waals surface area contributed by atoms with Crippen LogP contribution in [0.4, 0.5) is 11.5 Å². The molecular formula is C25H34ClN5O. The second kappa shape index (κ2) is 10.6. The molecule has 3 heterocycles. The quantitative estimate of drug-likeness (QED) is 0.725. The Balaban J connectivity index is 1.35. The maximum absolute atomic E-state index is 12.7. The van der Waals surface area contributed by atoms with Crippen molar-refractivity contribution in [3.63, 3.8) is 0 Å². The molecule has 0 atom stereocenters. The molecule has 0 radical (unpaired) electrons.